The van der Waals surface area contributed by atoms with Gasteiger partial charge in [-0.05, 0) is 85.6 Å². The quantitative estimate of drug-likeness (QED) is 0.517. The first-order chi connectivity index (χ1) is 18.2. The summed E-state index contributed by atoms with van der Waals surface area (Å²) in [7, 11) is 0. The van der Waals surface area contributed by atoms with E-state index >= 15 is 0 Å². The maximum Gasteiger partial charge on any atom is 0.253 e. The maximum absolute atomic E-state index is 12.4. The van der Waals surface area contributed by atoms with Gasteiger partial charge >= 0.3 is 0 Å². The largest absolute Gasteiger partial charge is 0.352 e. The molecule has 37 heavy (non-hydrogen) atoms. The molecule has 3 aliphatic rings. The van der Waals surface area contributed by atoms with Crippen molar-refractivity contribution in [1.82, 2.24) is 15.1 Å². The average molecular weight is 496 g/mol. The Bertz CT molecular complexity index is 1190. The first-order valence-electron chi connectivity index (χ1n) is 13.7. The summed E-state index contributed by atoms with van der Waals surface area (Å²) in [5.41, 5.74) is 6.21. The summed E-state index contributed by atoms with van der Waals surface area (Å²) in [5, 5.41) is 2.86. The fourth-order valence-electron chi connectivity index (χ4n) is 5.47. The third kappa shape index (κ3) is 6.47. The molecule has 5 heteroatoms. The second kappa shape index (κ2) is 12.2. The molecule has 2 amide bonds. The highest BCUT2D eigenvalue weighted by molar-refractivity contribution is 5.97. The lowest BCUT2D eigenvalue weighted by Crippen LogP contribution is -2.31. The van der Waals surface area contributed by atoms with Crippen LogP contribution in [0.1, 0.15) is 63.9 Å². The van der Waals surface area contributed by atoms with E-state index in [0.29, 0.717) is 6.54 Å². The lowest BCUT2D eigenvalue weighted by molar-refractivity contribution is 0.0792. The van der Waals surface area contributed by atoms with Gasteiger partial charge in [-0.3, -0.25) is 14.5 Å². The highest BCUT2D eigenvalue weighted by Crippen LogP contribution is 2.25. The minimum Gasteiger partial charge on any atom is -0.352 e. The van der Waals surface area contributed by atoms with Crippen molar-refractivity contribution in [1.29, 1.82) is 0 Å². The molecule has 0 aliphatic carbocycles. The molecule has 0 saturated carbocycles. The Hall–Kier alpha value is -3.44. The van der Waals surface area contributed by atoms with Crippen LogP contribution in [0.2, 0.25) is 0 Å². The van der Waals surface area contributed by atoms with Gasteiger partial charge in [0.2, 0.25) is 0 Å². The highest BCUT2D eigenvalue weighted by Gasteiger charge is 2.20. The van der Waals surface area contributed by atoms with Gasteiger partial charge in [0.05, 0.1) is 0 Å². The number of nitrogens with zero attached hydrogens (tertiary/aromatic N) is 2. The van der Waals surface area contributed by atoms with Gasteiger partial charge in [0, 0.05) is 37.3 Å². The van der Waals surface area contributed by atoms with Crippen molar-refractivity contribution in [2.24, 2.45) is 0 Å². The molecule has 3 aromatic rings. The van der Waals surface area contributed by atoms with E-state index in [9.17, 15) is 9.59 Å². The van der Waals surface area contributed by atoms with Crippen LogP contribution >= 0.6 is 0 Å². The molecule has 0 spiro atoms. The molecule has 0 unspecified atom stereocenters. The Morgan fingerprint density at radius 2 is 1.43 bits per heavy atom. The van der Waals surface area contributed by atoms with E-state index in [-0.39, 0.29) is 11.8 Å². The number of carbonyl (C=O) groups is 2. The van der Waals surface area contributed by atoms with Crippen LogP contribution in [0.3, 0.4) is 0 Å². The molecule has 2 saturated heterocycles. The molecule has 5 nitrogen and oxygen atoms in total. The van der Waals surface area contributed by atoms with Crippen molar-refractivity contribution in [3.8, 4) is 11.1 Å². The predicted molar refractivity (Wildman–Crippen MR) is 149 cm³/mol. The number of hydrogen-bond donors (Lipinski definition) is 1. The van der Waals surface area contributed by atoms with E-state index in [1.165, 1.54) is 37.9 Å². The fraction of sp³-hybridized carbons (Fsp3) is 0.375. The van der Waals surface area contributed by atoms with Gasteiger partial charge in [-0.25, -0.2) is 0 Å². The number of amides is 2. The van der Waals surface area contributed by atoms with E-state index in [2.05, 4.69) is 46.6 Å². The molecule has 0 bridgehead atoms. The summed E-state index contributed by atoms with van der Waals surface area (Å²) < 4.78 is 0. The van der Waals surface area contributed by atoms with E-state index in [1.807, 2.05) is 41.3 Å². The molecule has 2 fully saturated rings. The van der Waals surface area contributed by atoms with Crippen molar-refractivity contribution in [3.63, 3.8) is 0 Å². The van der Waals surface area contributed by atoms with E-state index in [0.717, 1.165) is 66.7 Å². The smallest absolute Gasteiger partial charge is 0.253 e. The van der Waals surface area contributed by atoms with Gasteiger partial charge in [-0.15, -0.1) is 0 Å². The molecule has 0 aromatic heterocycles. The molecule has 3 aliphatic heterocycles. The van der Waals surface area contributed by atoms with Crippen LogP contribution in [0, 0.1) is 0 Å². The van der Waals surface area contributed by atoms with Crippen LogP contribution in [0.15, 0.2) is 72.8 Å². The van der Waals surface area contributed by atoms with Crippen molar-refractivity contribution in [2.45, 2.75) is 45.1 Å². The number of hydrogen-bond acceptors (Lipinski definition) is 3. The molecular formula is C32H37N3O2. The van der Waals surface area contributed by atoms with Crippen LogP contribution in [0.4, 0.5) is 0 Å². The van der Waals surface area contributed by atoms with Gasteiger partial charge in [0.1, 0.15) is 0 Å². The maximum atomic E-state index is 12.4. The zero-order valence-corrected chi connectivity index (χ0v) is 21.6. The molecule has 3 heterocycles. The number of benzene rings is 3. The summed E-state index contributed by atoms with van der Waals surface area (Å²) >= 11 is 0. The van der Waals surface area contributed by atoms with Crippen LogP contribution in [-0.2, 0) is 13.0 Å². The summed E-state index contributed by atoms with van der Waals surface area (Å²) in [5.74, 6) is 0.135. The molecule has 0 radical (unpaired) electrons. The number of carbonyl (C=O) groups excluding carboxylic acids is 2. The summed E-state index contributed by atoms with van der Waals surface area (Å²) in [6.45, 7) is 6.14. The number of rotatable bonds is 4. The van der Waals surface area contributed by atoms with E-state index < -0.39 is 0 Å². The molecule has 3 aromatic carbocycles. The van der Waals surface area contributed by atoms with Crippen LogP contribution in [0.25, 0.3) is 11.1 Å². The second-order valence-corrected chi connectivity index (χ2v) is 10.3. The molecule has 192 valence electrons. The topological polar surface area (TPSA) is 52.7 Å². The van der Waals surface area contributed by atoms with Crippen LogP contribution in [-0.4, -0.2) is 54.3 Å². The Morgan fingerprint density at radius 3 is 2.16 bits per heavy atom. The van der Waals surface area contributed by atoms with Crippen LogP contribution < -0.4 is 5.32 Å². The van der Waals surface area contributed by atoms with Crippen molar-refractivity contribution >= 4 is 11.8 Å². The number of fused-ring (bicyclic) bond motifs is 1. The van der Waals surface area contributed by atoms with E-state index in [4.69, 9.17) is 0 Å². The predicted octanol–water partition coefficient (Wildman–Crippen LogP) is 5.55. The summed E-state index contributed by atoms with van der Waals surface area (Å²) in [4.78, 5) is 28.7. The molecule has 6 rings (SSSR count). The van der Waals surface area contributed by atoms with Crippen LogP contribution in [0.5, 0.6) is 0 Å². The normalized spacial score (nSPS) is 17.4. The summed E-state index contributed by atoms with van der Waals surface area (Å²) in [6, 6.07) is 24.5. The van der Waals surface area contributed by atoms with Gasteiger partial charge < -0.3 is 10.2 Å². The Balaban J connectivity index is 0.000000182. The first kappa shape index (κ1) is 25.2. The third-order valence-electron chi connectivity index (χ3n) is 7.59. The fourth-order valence-corrected chi connectivity index (χ4v) is 5.47. The number of piperidine rings is 1. The average Bonchev–Trinajstić information content (AvgIpc) is 3.50. The van der Waals surface area contributed by atoms with Crippen molar-refractivity contribution < 1.29 is 9.59 Å². The van der Waals surface area contributed by atoms with Gasteiger partial charge in [-0.1, -0.05) is 61.0 Å². The Labute approximate surface area is 220 Å². The SMILES string of the molecule is O=C1NCCc2cc(-c3ccc(C(=O)N4CCCC4)cc3)ccc21.c1ccc(CN2CCCCC2)cc1. The minimum absolute atomic E-state index is 0.00866. The minimum atomic E-state index is 0.00866. The van der Waals surface area contributed by atoms with Crippen molar-refractivity contribution in [2.75, 3.05) is 32.7 Å². The Kier molecular flexibility index (Phi) is 8.32. The standard InChI is InChI=1S/C20H20N2O2.C12H17N/c23-19-18-8-7-16(13-17(18)9-10-21-19)14-3-5-15(6-4-14)20(24)22-11-1-2-12-22;1-3-7-12(8-4-1)11-13-9-5-2-6-10-13/h3-8,13H,1-2,9-12H2,(H,21,23);1,3-4,7-8H,2,5-6,9-11H2. The summed E-state index contributed by atoms with van der Waals surface area (Å²) in [6.07, 6.45) is 7.25. The molecule has 0 atom stereocenters. The third-order valence-corrected chi connectivity index (χ3v) is 7.59. The van der Waals surface area contributed by atoms with Gasteiger partial charge in [0.15, 0.2) is 0 Å². The monoisotopic (exact) mass is 495 g/mol. The van der Waals surface area contributed by atoms with Gasteiger partial charge in [-0.2, -0.15) is 0 Å². The highest BCUT2D eigenvalue weighted by atomic mass is 16.2. The number of likely N-dealkylation sites (tertiary alicyclic amines) is 2. The molecule has 1 N–H and O–H groups in total. The van der Waals surface area contributed by atoms with Crippen molar-refractivity contribution in [3.05, 3.63) is 95.1 Å². The second-order valence-electron chi connectivity index (χ2n) is 10.3. The lowest BCUT2D eigenvalue weighted by Gasteiger charge is -2.26. The van der Waals surface area contributed by atoms with Gasteiger partial charge in [0.25, 0.3) is 11.8 Å². The lowest BCUT2D eigenvalue weighted by atomic mass is 9.94. The Morgan fingerprint density at radius 1 is 0.757 bits per heavy atom. The zero-order valence-electron chi connectivity index (χ0n) is 21.6. The number of nitrogens with one attached hydrogen (secondary N) is 1. The molecular weight excluding hydrogens is 458 g/mol. The first-order valence-corrected chi connectivity index (χ1v) is 13.7. The van der Waals surface area contributed by atoms with E-state index in [1.54, 1.807) is 0 Å². The zero-order chi connectivity index (χ0) is 25.5.